The lowest BCUT2D eigenvalue weighted by Crippen LogP contribution is -2.32. The van der Waals surface area contributed by atoms with Crippen LogP contribution in [0, 0.1) is 0 Å². The van der Waals surface area contributed by atoms with Crippen LogP contribution in [0.3, 0.4) is 0 Å². The van der Waals surface area contributed by atoms with Gasteiger partial charge in [-0.2, -0.15) is 0 Å². The Hall–Kier alpha value is -3.47. The molecule has 0 saturated carbocycles. The first kappa shape index (κ1) is 19.5. The van der Waals surface area contributed by atoms with Crippen LogP contribution in [0.1, 0.15) is 16.7 Å². The SMILES string of the molecule is COc1ccc(CCn2c(N3CCc4ccccc4C3)nc3ccccc32)cc1OC. The zero-order valence-electron chi connectivity index (χ0n) is 18.0. The lowest BCUT2D eigenvalue weighted by molar-refractivity contribution is 0.354. The van der Waals surface area contributed by atoms with Crippen LogP contribution in [-0.4, -0.2) is 30.3 Å². The lowest BCUT2D eigenvalue weighted by atomic mass is 10.0. The molecule has 0 saturated heterocycles. The summed E-state index contributed by atoms with van der Waals surface area (Å²) in [5.41, 5.74) is 6.28. The normalized spacial score (nSPS) is 13.3. The lowest BCUT2D eigenvalue weighted by Gasteiger charge is -2.30. The second-order valence-corrected chi connectivity index (χ2v) is 7.93. The Kier molecular flexibility index (Phi) is 5.24. The van der Waals surface area contributed by atoms with Gasteiger partial charge in [0.2, 0.25) is 5.95 Å². The highest BCUT2D eigenvalue weighted by atomic mass is 16.5. The molecular weight excluding hydrogens is 386 g/mol. The molecule has 3 aromatic carbocycles. The second kappa shape index (κ2) is 8.34. The number of hydrogen-bond donors (Lipinski definition) is 0. The van der Waals surface area contributed by atoms with Crippen molar-refractivity contribution in [3.8, 4) is 11.5 Å². The van der Waals surface area contributed by atoms with E-state index in [-0.39, 0.29) is 0 Å². The number of aromatic nitrogens is 2. The second-order valence-electron chi connectivity index (χ2n) is 7.93. The highest BCUT2D eigenvalue weighted by Crippen LogP contribution is 2.30. The monoisotopic (exact) mass is 413 g/mol. The fraction of sp³-hybridized carbons (Fsp3) is 0.269. The number of imidazole rings is 1. The average molecular weight is 414 g/mol. The van der Waals surface area contributed by atoms with Gasteiger partial charge in [0.1, 0.15) is 0 Å². The predicted molar refractivity (Wildman–Crippen MR) is 124 cm³/mol. The first-order valence-corrected chi connectivity index (χ1v) is 10.7. The third-order valence-corrected chi connectivity index (χ3v) is 6.12. The summed E-state index contributed by atoms with van der Waals surface area (Å²) in [6.45, 7) is 2.73. The van der Waals surface area contributed by atoms with E-state index in [2.05, 4.69) is 70.1 Å². The van der Waals surface area contributed by atoms with E-state index in [1.165, 1.54) is 22.2 Å². The number of nitrogens with zero attached hydrogens (tertiary/aromatic N) is 3. The van der Waals surface area contributed by atoms with Crippen molar-refractivity contribution in [2.24, 2.45) is 0 Å². The van der Waals surface area contributed by atoms with Gasteiger partial charge < -0.3 is 18.9 Å². The quantitative estimate of drug-likeness (QED) is 0.453. The van der Waals surface area contributed by atoms with E-state index in [1.54, 1.807) is 14.2 Å². The number of fused-ring (bicyclic) bond motifs is 2. The maximum absolute atomic E-state index is 5.48. The Balaban J connectivity index is 1.46. The molecule has 0 fully saturated rings. The third kappa shape index (κ3) is 3.72. The van der Waals surface area contributed by atoms with Crippen LogP contribution in [0.25, 0.3) is 11.0 Å². The predicted octanol–water partition coefficient (Wildman–Crippen LogP) is 4.86. The number of anilines is 1. The largest absolute Gasteiger partial charge is 0.493 e. The average Bonchev–Trinajstić information content (AvgIpc) is 3.20. The van der Waals surface area contributed by atoms with Gasteiger partial charge in [-0.25, -0.2) is 4.98 Å². The van der Waals surface area contributed by atoms with Crippen molar-refractivity contribution in [3.05, 3.63) is 83.4 Å². The molecule has 5 rings (SSSR count). The molecule has 1 aliphatic rings. The standard InChI is InChI=1S/C26H27N3O2/c1-30-24-12-11-19(17-25(24)31-2)13-16-29-23-10-6-5-9-22(23)27-26(29)28-15-14-20-7-3-4-8-21(20)18-28/h3-12,17H,13-16,18H2,1-2H3. The van der Waals surface area contributed by atoms with Crippen molar-refractivity contribution in [3.63, 3.8) is 0 Å². The Morgan fingerprint density at radius 3 is 2.48 bits per heavy atom. The zero-order valence-corrected chi connectivity index (χ0v) is 18.0. The molecule has 5 heteroatoms. The number of ether oxygens (including phenoxy) is 2. The number of benzene rings is 3. The highest BCUT2D eigenvalue weighted by Gasteiger charge is 2.22. The summed E-state index contributed by atoms with van der Waals surface area (Å²) >= 11 is 0. The van der Waals surface area contributed by atoms with E-state index in [0.717, 1.165) is 55.4 Å². The van der Waals surface area contributed by atoms with Crippen LogP contribution >= 0.6 is 0 Å². The first-order valence-electron chi connectivity index (χ1n) is 10.7. The minimum Gasteiger partial charge on any atom is -0.493 e. The Labute approximate surface area is 182 Å². The molecule has 31 heavy (non-hydrogen) atoms. The summed E-state index contributed by atoms with van der Waals surface area (Å²) in [6, 6.07) is 23.3. The van der Waals surface area contributed by atoms with E-state index < -0.39 is 0 Å². The minimum absolute atomic E-state index is 0.756. The first-order chi connectivity index (χ1) is 15.3. The number of para-hydroxylation sites is 2. The van der Waals surface area contributed by atoms with Crippen LogP contribution in [0.5, 0.6) is 11.5 Å². The van der Waals surface area contributed by atoms with Crippen molar-refractivity contribution in [1.29, 1.82) is 0 Å². The third-order valence-electron chi connectivity index (χ3n) is 6.12. The maximum Gasteiger partial charge on any atom is 0.206 e. The molecule has 1 aliphatic heterocycles. The van der Waals surface area contributed by atoms with Crippen molar-refractivity contribution in [2.75, 3.05) is 25.7 Å². The molecule has 2 heterocycles. The molecule has 0 amide bonds. The van der Waals surface area contributed by atoms with E-state index >= 15 is 0 Å². The summed E-state index contributed by atoms with van der Waals surface area (Å²) in [5, 5.41) is 0. The topological polar surface area (TPSA) is 39.5 Å². The van der Waals surface area contributed by atoms with Gasteiger partial charge in [0.15, 0.2) is 11.5 Å². The van der Waals surface area contributed by atoms with Crippen LogP contribution in [0.4, 0.5) is 5.95 Å². The summed E-state index contributed by atoms with van der Waals surface area (Å²) in [5.74, 6) is 2.58. The number of rotatable bonds is 6. The fourth-order valence-corrected chi connectivity index (χ4v) is 4.47. The molecule has 0 atom stereocenters. The van der Waals surface area contributed by atoms with Gasteiger partial charge in [-0.15, -0.1) is 0 Å². The molecule has 0 N–H and O–H groups in total. The van der Waals surface area contributed by atoms with Gasteiger partial charge in [0.05, 0.1) is 25.3 Å². The molecule has 0 spiro atoms. The van der Waals surface area contributed by atoms with E-state index in [9.17, 15) is 0 Å². The molecule has 158 valence electrons. The molecule has 0 radical (unpaired) electrons. The van der Waals surface area contributed by atoms with Gasteiger partial charge in [0.25, 0.3) is 0 Å². The van der Waals surface area contributed by atoms with Gasteiger partial charge >= 0.3 is 0 Å². The summed E-state index contributed by atoms with van der Waals surface area (Å²) in [6.07, 6.45) is 1.94. The molecule has 0 aliphatic carbocycles. The molecule has 5 nitrogen and oxygen atoms in total. The maximum atomic E-state index is 5.48. The molecule has 1 aromatic heterocycles. The number of methoxy groups -OCH3 is 2. The molecule has 4 aromatic rings. The van der Waals surface area contributed by atoms with Crippen LogP contribution in [-0.2, 0) is 25.9 Å². The Morgan fingerprint density at radius 1 is 0.871 bits per heavy atom. The molecule has 0 bridgehead atoms. The number of hydrogen-bond acceptors (Lipinski definition) is 4. The van der Waals surface area contributed by atoms with Crippen LogP contribution < -0.4 is 14.4 Å². The minimum atomic E-state index is 0.756. The van der Waals surface area contributed by atoms with E-state index in [4.69, 9.17) is 14.5 Å². The molecular formula is C26H27N3O2. The fourth-order valence-electron chi connectivity index (χ4n) is 4.47. The summed E-state index contributed by atoms with van der Waals surface area (Å²) < 4.78 is 13.2. The molecule has 0 unspecified atom stereocenters. The van der Waals surface area contributed by atoms with Crippen LogP contribution in [0.2, 0.25) is 0 Å². The van der Waals surface area contributed by atoms with Crippen molar-refractivity contribution < 1.29 is 9.47 Å². The van der Waals surface area contributed by atoms with Crippen molar-refractivity contribution in [1.82, 2.24) is 9.55 Å². The highest BCUT2D eigenvalue weighted by molar-refractivity contribution is 5.79. The van der Waals surface area contributed by atoms with E-state index in [0.29, 0.717) is 0 Å². The van der Waals surface area contributed by atoms with Gasteiger partial charge in [-0.05, 0) is 53.8 Å². The van der Waals surface area contributed by atoms with Gasteiger partial charge in [-0.3, -0.25) is 0 Å². The van der Waals surface area contributed by atoms with Crippen LogP contribution in [0.15, 0.2) is 66.7 Å². The number of aryl methyl sites for hydroxylation is 2. The van der Waals surface area contributed by atoms with Crippen molar-refractivity contribution in [2.45, 2.75) is 25.9 Å². The van der Waals surface area contributed by atoms with Crippen molar-refractivity contribution >= 4 is 17.0 Å². The zero-order chi connectivity index (χ0) is 21.2. The summed E-state index contributed by atoms with van der Waals surface area (Å²) in [7, 11) is 3.34. The summed E-state index contributed by atoms with van der Waals surface area (Å²) in [4.78, 5) is 7.44. The van der Waals surface area contributed by atoms with E-state index in [1.807, 2.05) is 6.07 Å². The smallest absolute Gasteiger partial charge is 0.206 e. The van der Waals surface area contributed by atoms with Gasteiger partial charge in [0, 0.05) is 19.6 Å². The Bertz CT molecular complexity index is 1210. The Morgan fingerprint density at radius 2 is 1.65 bits per heavy atom. The van der Waals surface area contributed by atoms with Gasteiger partial charge in [-0.1, -0.05) is 42.5 Å².